The zero-order chi connectivity index (χ0) is 11.4. The lowest BCUT2D eigenvalue weighted by Gasteiger charge is -2.21. The Balaban J connectivity index is 1.63. The molecule has 4 rings (SSSR count). The summed E-state index contributed by atoms with van der Waals surface area (Å²) >= 11 is 0. The van der Waals surface area contributed by atoms with E-state index in [1.165, 1.54) is 37.2 Å². The summed E-state index contributed by atoms with van der Waals surface area (Å²) in [5, 5.41) is 8.36. The van der Waals surface area contributed by atoms with Crippen LogP contribution in [0.1, 0.15) is 44.2 Å². The maximum atomic E-state index is 4.86. The van der Waals surface area contributed by atoms with Crippen LogP contribution in [0.3, 0.4) is 0 Å². The normalized spacial score (nSPS) is 39.1. The number of hydrogen-bond donors (Lipinski definition) is 1. The van der Waals surface area contributed by atoms with Crippen molar-refractivity contribution >= 4 is 5.82 Å². The molecule has 0 amide bonds. The van der Waals surface area contributed by atoms with Crippen molar-refractivity contribution in [3.63, 3.8) is 0 Å². The van der Waals surface area contributed by atoms with Crippen LogP contribution >= 0.6 is 0 Å². The summed E-state index contributed by atoms with van der Waals surface area (Å²) in [6, 6.07) is 2.32. The van der Waals surface area contributed by atoms with Crippen LogP contribution in [0, 0.1) is 17.8 Å². The minimum absolute atomic E-state index is 0.704. The Kier molecular flexibility index (Phi) is 2.06. The molecule has 2 aliphatic carbocycles. The van der Waals surface area contributed by atoms with E-state index >= 15 is 0 Å². The standard InChI is InChI=1S/C14H21N3/c1-9-7-15-14-6-13(16-17(14)8-9)12-5-10-2-3-11(12)4-10/h6,9-12,15H,2-5,7-8H2,1H3. The van der Waals surface area contributed by atoms with E-state index in [1.807, 2.05) is 0 Å². The maximum Gasteiger partial charge on any atom is 0.124 e. The number of rotatable bonds is 1. The van der Waals surface area contributed by atoms with Gasteiger partial charge < -0.3 is 5.32 Å². The number of anilines is 1. The lowest BCUT2D eigenvalue weighted by Crippen LogP contribution is -2.25. The van der Waals surface area contributed by atoms with Crippen LogP contribution in [0.25, 0.3) is 0 Å². The predicted molar refractivity (Wildman–Crippen MR) is 68.1 cm³/mol. The van der Waals surface area contributed by atoms with Crippen molar-refractivity contribution in [2.24, 2.45) is 17.8 Å². The van der Waals surface area contributed by atoms with Crippen molar-refractivity contribution in [2.45, 2.75) is 45.1 Å². The Morgan fingerprint density at radius 1 is 1.35 bits per heavy atom. The quantitative estimate of drug-likeness (QED) is 0.805. The van der Waals surface area contributed by atoms with Crippen molar-refractivity contribution in [2.75, 3.05) is 11.9 Å². The molecule has 2 fully saturated rings. The molecule has 2 saturated carbocycles. The first-order valence-electron chi connectivity index (χ1n) is 7.11. The van der Waals surface area contributed by atoms with Crippen LogP contribution in [0.2, 0.25) is 0 Å². The van der Waals surface area contributed by atoms with Crippen LogP contribution in [0.15, 0.2) is 6.07 Å². The Morgan fingerprint density at radius 2 is 2.29 bits per heavy atom. The van der Waals surface area contributed by atoms with Crippen LogP contribution in [-0.4, -0.2) is 16.3 Å². The number of nitrogens with zero attached hydrogens (tertiary/aromatic N) is 2. The van der Waals surface area contributed by atoms with Crippen molar-refractivity contribution < 1.29 is 0 Å². The second-order valence-corrected chi connectivity index (χ2v) is 6.40. The van der Waals surface area contributed by atoms with E-state index in [0.717, 1.165) is 30.8 Å². The minimum atomic E-state index is 0.704. The van der Waals surface area contributed by atoms with E-state index in [1.54, 1.807) is 0 Å². The number of fused-ring (bicyclic) bond motifs is 3. The van der Waals surface area contributed by atoms with Crippen LogP contribution in [0.4, 0.5) is 5.82 Å². The highest BCUT2D eigenvalue weighted by Crippen LogP contribution is 2.52. The molecule has 17 heavy (non-hydrogen) atoms. The summed E-state index contributed by atoms with van der Waals surface area (Å²) in [6.45, 7) is 4.47. The molecule has 1 aliphatic heterocycles. The molecule has 1 aromatic rings. The van der Waals surface area contributed by atoms with E-state index < -0.39 is 0 Å². The number of aromatic nitrogens is 2. The monoisotopic (exact) mass is 231 g/mol. The lowest BCUT2D eigenvalue weighted by molar-refractivity contribution is 0.399. The number of nitrogens with one attached hydrogen (secondary N) is 1. The average molecular weight is 231 g/mol. The molecule has 4 atom stereocenters. The molecular formula is C14H21N3. The van der Waals surface area contributed by atoms with Crippen molar-refractivity contribution in [3.05, 3.63) is 11.8 Å². The molecule has 3 aliphatic rings. The molecule has 1 N–H and O–H groups in total. The van der Waals surface area contributed by atoms with Crippen LogP contribution < -0.4 is 5.32 Å². The Labute approximate surface area is 103 Å². The van der Waals surface area contributed by atoms with Gasteiger partial charge in [0.25, 0.3) is 0 Å². The lowest BCUT2D eigenvalue weighted by atomic mass is 9.86. The molecule has 1 aromatic heterocycles. The summed E-state index contributed by atoms with van der Waals surface area (Å²) in [6.07, 6.45) is 5.79. The van der Waals surface area contributed by atoms with Gasteiger partial charge >= 0.3 is 0 Å². The third kappa shape index (κ3) is 1.51. The van der Waals surface area contributed by atoms with E-state index in [4.69, 9.17) is 5.10 Å². The molecule has 0 spiro atoms. The molecule has 3 heteroatoms. The summed E-state index contributed by atoms with van der Waals surface area (Å²) in [7, 11) is 0. The third-order valence-electron chi connectivity index (χ3n) is 5.03. The van der Waals surface area contributed by atoms with Gasteiger partial charge in [-0.3, -0.25) is 0 Å². The van der Waals surface area contributed by atoms with Gasteiger partial charge in [-0.1, -0.05) is 13.3 Å². The zero-order valence-electron chi connectivity index (χ0n) is 10.5. The fourth-order valence-electron chi connectivity index (χ4n) is 4.14. The predicted octanol–water partition coefficient (Wildman–Crippen LogP) is 2.85. The average Bonchev–Trinajstić information content (AvgIpc) is 3.01. The first kappa shape index (κ1) is 9.98. The molecule has 3 nitrogen and oxygen atoms in total. The highest BCUT2D eigenvalue weighted by atomic mass is 15.3. The van der Waals surface area contributed by atoms with Crippen LogP contribution in [-0.2, 0) is 6.54 Å². The largest absolute Gasteiger partial charge is 0.370 e. The highest BCUT2D eigenvalue weighted by Gasteiger charge is 2.41. The molecule has 0 aromatic carbocycles. The first-order chi connectivity index (χ1) is 8.29. The fraction of sp³-hybridized carbons (Fsp3) is 0.786. The van der Waals surface area contributed by atoms with Gasteiger partial charge in [-0.2, -0.15) is 5.10 Å². The zero-order valence-corrected chi connectivity index (χ0v) is 10.5. The second-order valence-electron chi connectivity index (χ2n) is 6.40. The minimum Gasteiger partial charge on any atom is -0.370 e. The molecule has 2 heterocycles. The molecule has 92 valence electrons. The summed E-state index contributed by atoms with van der Waals surface area (Å²) in [4.78, 5) is 0. The maximum absolute atomic E-state index is 4.86. The van der Waals surface area contributed by atoms with Gasteiger partial charge in [-0.15, -0.1) is 0 Å². The smallest absolute Gasteiger partial charge is 0.124 e. The molecule has 0 saturated heterocycles. The fourth-order valence-corrected chi connectivity index (χ4v) is 4.14. The molecule has 4 unspecified atom stereocenters. The van der Waals surface area contributed by atoms with Crippen molar-refractivity contribution in [3.8, 4) is 0 Å². The van der Waals surface area contributed by atoms with Crippen molar-refractivity contribution in [1.29, 1.82) is 0 Å². The Hall–Kier alpha value is -0.990. The third-order valence-corrected chi connectivity index (χ3v) is 5.03. The molecule has 0 radical (unpaired) electrons. The van der Waals surface area contributed by atoms with Gasteiger partial charge in [-0.05, 0) is 37.0 Å². The van der Waals surface area contributed by atoms with Crippen molar-refractivity contribution in [1.82, 2.24) is 9.78 Å². The Bertz CT molecular complexity index is 437. The summed E-state index contributed by atoms with van der Waals surface area (Å²) < 4.78 is 2.19. The van der Waals surface area contributed by atoms with E-state index in [9.17, 15) is 0 Å². The Morgan fingerprint density at radius 3 is 3.06 bits per heavy atom. The highest BCUT2D eigenvalue weighted by molar-refractivity contribution is 5.40. The van der Waals surface area contributed by atoms with E-state index in [2.05, 4.69) is 23.0 Å². The van der Waals surface area contributed by atoms with Gasteiger partial charge in [-0.25, -0.2) is 4.68 Å². The van der Waals surface area contributed by atoms with E-state index in [0.29, 0.717) is 5.92 Å². The summed E-state index contributed by atoms with van der Waals surface area (Å²) in [5.41, 5.74) is 1.37. The SMILES string of the molecule is CC1CNc2cc(C3CC4CCC3C4)nn2C1. The van der Waals surface area contributed by atoms with Gasteiger partial charge in [0.05, 0.1) is 5.69 Å². The van der Waals surface area contributed by atoms with Gasteiger partial charge in [0.15, 0.2) is 0 Å². The number of hydrogen-bond acceptors (Lipinski definition) is 2. The van der Waals surface area contributed by atoms with Gasteiger partial charge in [0.1, 0.15) is 5.82 Å². The molecular weight excluding hydrogens is 210 g/mol. The van der Waals surface area contributed by atoms with Gasteiger partial charge in [0.2, 0.25) is 0 Å². The topological polar surface area (TPSA) is 29.9 Å². The second kappa shape index (κ2) is 3.50. The van der Waals surface area contributed by atoms with Gasteiger partial charge in [0, 0.05) is 25.1 Å². The first-order valence-corrected chi connectivity index (χ1v) is 7.11. The van der Waals surface area contributed by atoms with E-state index in [-0.39, 0.29) is 0 Å². The van der Waals surface area contributed by atoms with Crippen LogP contribution in [0.5, 0.6) is 0 Å². The summed E-state index contributed by atoms with van der Waals surface area (Å²) in [5.74, 6) is 4.67. The molecule has 2 bridgehead atoms.